The van der Waals surface area contributed by atoms with E-state index in [0.29, 0.717) is 4.90 Å². The minimum absolute atomic E-state index is 0.218. The number of nitrogens with two attached hydrogens (primary N) is 1. The summed E-state index contributed by atoms with van der Waals surface area (Å²) in [6.07, 6.45) is 0.292. The minimum Gasteiger partial charge on any atom is -0.403 e. The van der Waals surface area contributed by atoms with E-state index in [9.17, 15) is 14.4 Å². The van der Waals surface area contributed by atoms with Crippen LogP contribution in [0.5, 0.6) is 0 Å². The van der Waals surface area contributed by atoms with Crippen molar-refractivity contribution in [1.29, 1.82) is 0 Å². The van der Waals surface area contributed by atoms with Crippen LogP contribution in [0.1, 0.15) is 5.56 Å². The van der Waals surface area contributed by atoms with Crippen molar-refractivity contribution in [3.63, 3.8) is 0 Å². The Balaban J connectivity index is 1.82. The van der Waals surface area contributed by atoms with Crippen molar-refractivity contribution < 1.29 is 19.1 Å². The number of nitrogens with zero attached hydrogens (tertiary/aromatic N) is 1. The first-order valence-corrected chi connectivity index (χ1v) is 5.42. The van der Waals surface area contributed by atoms with E-state index >= 15 is 0 Å². The lowest BCUT2D eigenvalue weighted by molar-refractivity contribution is -0.128. The van der Waals surface area contributed by atoms with Gasteiger partial charge in [0, 0.05) is 6.54 Å². The Morgan fingerprint density at radius 2 is 1.95 bits per heavy atom. The molecule has 4 amide bonds. The van der Waals surface area contributed by atoms with Crippen molar-refractivity contribution in [3.05, 3.63) is 47.9 Å². The zero-order chi connectivity index (χ0) is 13.8. The van der Waals surface area contributed by atoms with Crippen LogP contribution in [0.4, 0.5) is 9.59 Å². The molecule has 0 aliphatic carbocycles. The maximum atomic E-state index is 11.4. The first-order chi connectivity index (χ1) is 9.08. The Hall–Kier alpha value is -2.83. The first-order valence-electron chi connectivity index (χ1n) is 5.42. The minimum atomic E-state index is -0.915. The molecule has 0 saturated heterocycles. The van der Waals surface area contributed by atoms with Crippen molar-refractivity contribution >= 4 is 18.0 Å². The number of benzene rings is 1. The number of nitrogens with one attached hydrogen (secondary N) is 1. The molecule has 0 fully saturated rings. The van der Waals surface area contributed by atoms with E-state index in [2.05, 4.69) is 5.32 Å². The average molecular weight is 261 g/mol. The number of hydrogen-bond donors (Lipinski definition) is 2. The van der Waals surface area contributed by atoms with Gasteiger partial charge in [0.15, 0.2) is 0 Å². The molecule has 7 nitrogen and oxygen atoms in total. The first kappa shape index (κ1) is 12.6. The number of rotatable bonds is 3. The molecule has 1 heterocycles. The van der Waals surface area contributed by atoms with Crippen LogP contribution in [0.25, 0.3) is 0 Å². The van der Waals surface area contributed by atoms with Crippen LogP contribution >= 0.6 is 0 Å². The van der Waals surface area contributed by atoms with Gasteiger partial charge in [-0.15, -0.1) is 0 Å². The molecule has 0 spiro atoms. The maximum absolute atomic E-state index is 11.4. The van der Waals surface area contributed by atoms with E-state index in [-0.39, 0.29) is 12.3 Å². The number of alkyl carbamates (subject to hydrolysis) is 1. The fraction of sp³-hybridized carbons (Fsp3) is 0.0833. The molecule has 0 saturated carbocycles. The van der Waals surface area contributed by atoms with Gasteiger partial charge in [0.2, 0.25) is 5.76 Å². The van der Waals surface area contributed by atoms with E-state index in [4.69, 9.17) is 10.5 Å². The van der Waals surface area contributed by atoms with Crippen molar-refractivity contribution in [1.82, 2.24) is 10.2 Å². The molecule has 0 atom stereocenters. The van der Waals surface area contributed by atoms with Gasteiger partial charge < -0.3 is 15.8 Å². The van der Waals surface area contributed by atoms with Gasteiger partial charge in [0.1, 0.15) is 0 Å². The zero-order valence-corrected chi connectivity index (χ0v) is 9.83. The number of carbonyl (C=O) groups excluding carboxylic acids is 3. The summed E-state index contributed by atoms with van der Waals surface area (Å²) in [4.78, 5) is 34.0. The molecule has 0 unspecified atom stereocenters. The zero-order valence-electron chi connectivity index (χ0n) is 9.83. The third-order valence-corrected chi connectivity index (χ3v) is 2.40. The highest BCUT2D eigenvalue weighted by Gasteiger charge is 2.34. The van der Waals surface area contributed by atoms with Gasteiger partial charge in [-0.1, -0.05) is 30.3 Å². The molecule has 1 aromatic rings. The van der Waals surface area contributed by atoms with Gasteiger partial charge in [-0.25, -0.2) is 14.5 Å². The summed E-state index contributed by atoms with van der Waals surface area (Å²) >= 11 is 0. The monoisotopic (exact) mass is 261 g/mol. The number of imide groups is 1. The lowest BCUT2D eigenvalue weighted by atomic mass is 10.2. The largest absolute Gasteiger partial charge is 0.413 e. The van der Waals surface area contributed by atoms with Gasteiger partial charge in [-0.05, 0) is 5.56 Å². The van der Waals surface area contributed by atoms with Crippen LogP contribution in [0.2, 0.25) is 0 Å². The molecule has 0 radical (unpaired) electrons. The third-order valence-electron chi connectivity index (χ3n) is 2.40. The van der Waals surface area contributed by atoms with Crippen molar-refractivity contribution in [2.24, 2.45) is 5.73 Å². The Bertz CT molecular complexity index is 553. The molecule has 7 heteroatoms. The van der Waals surface area contributed by atoms with Crippen molar-refractivity contribution in [2.75, 3.05) is 0 Å². The Kier molecular flexibility index (Phi) is 3.46. The number of urea groups is 1. The highest BCUT2D eigenvalue weighted by molar-refractivity contribution is 6.09. The molecule has 3 N–H and O–H groups in total. The van der Waals surface area contributed by atoms with Gasteiger partial charge in [-0.3, -0.25) is 4.79 Å². The molecule has 2 rings (SSSR count). The summed E-state index contributed by atoms with van der Waals surface area (Å²) in [6, 6.07) is 8.29. The molecule has 19 heavy (non-hydrogen) atoms. The van der Waals surface area contributed by atoms with Gasteiger partial charge in [0.25, 0.3) is 0 Å². The van der Waals surface area contributed by atoms with Crippen LogP contribution in [-0.2, 0) is 16.1 Å². The molecular formula is C12H11N3O4. The van der Waals surface area contributed by atoms with Gasteiger partial charge >= 0.3 is 18.0 Å². The maximum Gasteiger partial charge on any atom is 0.413 e. The molecule has 1 aromatic carbocycles. The van der Waals surface area contributed by atoms with Gasteiger partial charge in [0.05, 0.1) is 6.20 Å². The van der Waals surface area contributed by atoms with Crippen molar-refractivity contribution in [2.45, 2.75) is 6.54 Å². The molecule has 98 valence electrons. The Morgan fingerprint density at radius 1 is 1.26 bits per heavy atom. The summed E-state index contributed by atoms with van der Waals surface area (Å²) < 4.78 is 4.71. The topological polar surface area (TPSA) is 102 Å². The quantitative estimate of drug-likeness (QED) is 0.835. The number of carbonyl (C=O) groups is 3. The van der Waals surface area contributed by atoms with E-state index < -0.39 is 18.0 Å². The molecule has 1 aliphatic rings. The van der Waals surface area contributed by atoms with Crippen molar-refractivity contribution in [3.8, 4) is 0 Å². The van der Waals surface area contributed by atoms with Crippen LogP contribution in [0.3, 0.4) is 0 Å². The SMILES string of the molecule is NC(=O)N1C=C(OC(=O)NCc2ccccc2)C1=O. The third kappa shape index (κ3) is 2.89. The predicted molar refractivity (Wildman–Crippen MR) is 64.3 cm³/mol. The fourth-order valence-corrected chi connectivity index (χ4v) is 1.42. The highest BCUT2D eigenvalue weighted by atomic mass is 16.6. The standard InChI is InChI=1S/C12H11N3O4/c13-11(17)15-7-9(10(15)16)19-12(18)14-6-8-4-2-1-3-5-8/h1-5,7H,6H2,(H2,13,17)(H,14,18). The van der Waals surface area contributed by atoms with E-state index in [1.807, 2.05) is 30.3 Å². The molecule has 0 bridgehead atoms. The summed E-state index contributed by atoms with van der Waals surface area (Å²) in [5.41, 5.74) is 5.78. The fourth-order valence-electron chi connectivity index (χ4n) is 1.42. The summed E-state index contributed by atoms with van der Waals surface area (Å²) in [7, 11) is 0. The summed E-state index contributed by atoms with van der Waals surface area (Å²) in [5, 5.41) is 2.47. The number of primary amides is 1. The summed E-state index contributed by atoms with van der Waals surface area (Å²) in [5.74, 6) is -0.952. The Morgan fingerprint density at radius 3 is 2.53 bits per heavy atom. The highest BCUT2D eigenvalue weighted by Crippen LogP contribution is 2.16. The second-order valence-corrected chi connectivity index (χ2v) is 3.74. The predicted octanol–water partition coefficient (Wildman–Crippen LogP) is 0.675. The molecular weight excluding hydrogens is 250 g/mol. The lowest BCUT2D eigenvalue weighted by Crippen LogP contribution is -2.45. The van der Waals surface area contributed by atoms with Crippen LogP contribution in [0.15, 0.2) is 42.3 Å². The number of amides is 4. The molecule has 1 aliphatic heterocycles. The van der Waals surface area contributed by atoms with Gasteiger partial charge in [-0.2, -0.15) is 0 Å². The van der Waals surface area contributed by atoms with E-state index in [0.717, 1.165) is 11.8 Å². The Labute approximate surface area is 108 Å². The second-order valence-electron chi connectivity index (χ2n) is 3.74. The van der Waals surface area contributed by atoms with E-state index in [1.54, 1.807) is 0 Å². The van der Waals surface area contributed by atoms with E-state index in [1.165, 1.54) is 0 Å². The normalized spacial score (nSPS) is 13.4. The number of ether oxygens (including phenoxy) is 1. The molecule has 0 aromatic heterocycles. The van der Waals surface area contributed by atoms with Crippen LogP contribution < -0.4 is 11.1 Å². The lowest BCUT2D eigenvalue weighted by Gasteiger charge is -2.23. The second kappa shape index (κ2) is 5.21. The van der Waals surface area contributed by atoms with Crippen LogP contribution in [-0.4, -0.2) is 22.9 Å². The van der Waals surface area contributed by atoms with Crippen LogP contribution in [0, 0.1) is 0 Å². The average Bonchev–Trinajstić information content (AvgIpc) is 2.41. The number of hydrogen-bond acceptors (Lipinski definition) is 4. The smallest absolute Gasteiger partial charge is 0.403 e. The summed E-state index contributed by atoms with van der Waals surface area (Å²) in [6.45, 7) is 0.278.